The molecule has 0 aromatic rings. The monoisotopic (exact) mass is 260 g/mol. The van der Waals surface area contributed by atoms with Crippen LogP contribution in [0.25, 0.3) is 0 Å². The van der Waals surface area contributed by atoms with E-state index in [-0.39, 0.29) is 24.3 Å². The standard InChI is InChI=1S/C11H20N2O3S/c1-7(2)10(12)11(16)13-3-4-17-6-8(13)5-9(14)15/h7-8,10H,3-6,12H2,1-2H3,(H,14,15). The molecule has 0 aromatic carbocycles. The molecule has 0 spiro atoms. The maximum Gasteiger partial charge on any atom is 0.305 e. The molecule has 1 saturated heterocycles. The summed E-state index contributed by atoms with van der Waals surface area (Å²) in [6.45, 7) is 4.39. The Morgan fingerprint density at radius 2 is 2.18 bits per heavy atom. The molecule has 0 saturated carbocycles. The predicted molar refractivity (Wildman–Crippen MR) is 67.9 cm³/mol. The van der Waals surface area contributed by atoms with Crippen LogP contribution < -0.4 is 5.73 Å². The van der Waals surface area contributed by atoms with E-state index in [0.717, 1.165) is 5.75 Å². The number of hydrogen-bond acceptors (Lipinski definition) is 4. The van der Waals surface area contributed by atoms with Gasteiger partial charge in [-0.1, -0.05) is 13.8 Å². The maximum absolute atomic E-state index is 12.1. The number of hydrogen-bond donors (Lipinski definition) is 2. The molecule has 2 unspecified atom stereocenters. The Morgan fingerprint density at radius 1 is 1.53 bits per heavy atom. The summed E-state index contributed by atoms with van der Waals surface area (Å²) in [6, 6.07) is -0.752. The van der Waals surface area contributed by atoms with Gasteiger partial charge in [0.2, 0.25) is 5.91 Å². The second-order valence-corrected chi connectivity index (χ2v) is 5.78. The van der Waals surface area contributed by atoms with Gasteiger partial charge >= 0.3 is 5.97 Å². The SMILES string of the molecule is CC(C)C(N)C(=O)N1CCSCC1CC(=O)O. The number of nitrogens with two attached hydrogens (primary N) is 1. The minimum atomic E-state index is -0.867. The van der Waals surface area contributed by atoms with E-state index in [4.69, 9.17) is 10.8 Å². The topological polar surface area (TPSA) is 83.6 Å². The van der Waals surface area contributed by atoms with Crippen LogP contribution in [0.5, 0.6) is 0 Å². The largest absolute Gasteiger partial charge is 0.481 e. The van der Waals surface area contributed by atoms with Crippen LogP contribution in [-0.2, 0) is 9.59 Å². The summed E-state index contributed by atoms with van der Waals surface area (Å²) in [5.74, 6) is 0.623. The van der Waals surface area contributed by atoms with Gasteiger partial charge in [-0.2, -0.15) is 11.8 Å². The number of nitrogens with zero attached hydrogens (tertiary/aromatic N) is 1. The van der Waals surface area contributed by atoms with E-state index in [0.29, 0.717) is 12.3 Å². The van der Waals surface area contributed by atoms with E-state index in [9.17, 15) is 9.59 Å². The van der Waals surface area contributed by atoms with Gasteiger partial charge in [0.05, 0.1) is 18.5 Å². The fourth-order valence-electron chi connectivity index (χ4n) is 1.79. The number of aliphatic carboxylic acids is 1. The highest BCUT2D eigenvalue weighted by Crippen LogP contribution is 2.20. The van der Waals surface area contributed by atoms with E-state index in [2.05, 4.69) is 0 Å². The zero-order valence-electron chi connectivity index (χ0n) is 10.3. The Hall–Kier alpha value is -0.750. The van der Waals surface area contributed by atoms with E-state index >= 15 is 0 Å². The van der Waals surface area contributed by atoms with Crippen molar-refractivity contribution < 1.29 is 14.7 Å². The minimum absolute atomic E-state index is 0.00353. The molecule has 1 amide bonds. The summed E-state index contributed by atoms with van der Waals surface area (Å²) in [5.41, 5.74) is 5.84. The van der Waals surface area contributed by atoms with Gasteiger partial charge < -0.3 is 15.7 Å². The molecule has 1 rings (SSSR count). The number of carboxylic acid groups (broad SMARTS) is 1. The molecule has 2 atom stereocenters. The number of thioether (sulfide) groups is 1. The first-order valence-electron chi connectivity index (χ1n) is 5.79. The molecule has 1 heterocycles. The van der Waals surface area contributed by atoms with Crippen LogP contribution >= 0.6 is 11.8 Å². The predicted octanol–water partition coefficient (Wildman–Crippen LogP) is 0.388. The fraction of sp³-hybridized carbons (Fsp3) is 0.818. The molecule has 1 aliphatic heterocycles. The van der Waals surface area contributed by atoms with Crippen molar-refractivity contribution in [2.75, 3.05) is 18.1 Å². The number of carbonyl (C=O) groups is 2. The van der Waals surface area contributed by atoms with Crippen LogP contribution in [0.2, 0.25) is 0 Å². The van der Waals surface area contributed by atoms with Crippen molar-refractivity contribution in [3.05, 3.63) is 0 Å². The second kappa shape index (κ2) is 6.26. The lowest BCUT2D eigenvalue weighted by molar-refractivity contribution is -0.141. The van der Waals surface area contributed by atoms with Crippen molar-refractivity contribution in [1.82, 2.24) is 4.90 Å². The Kier molecular flexibility index (Phi) is 5.27. The number of amides is 1. The summed E-state index contributed by atoms with van der Waals surface area (Å²) >= 11 is 1.69. The number of rotatable bonds is 4. The van der Waals surface area contributed by atoms with Gasteiger partial charge in [0.15, 0.2) is 0 Å². The van der Waals surface area contributed by atoms with Crippen molar-refractivity contribution in [2.24, 2.45) is 11.7 Å². The van der Waals surface area contributed by atoms with Crippen LogP contribution in [0.15, 0.2) is 0 Å². The Bertz CT molecular complexity index is 296. The molecule has 0 radical (unpaired) electrons. The molecular formula is C11H20N2O3S. The minimum Gasteiger partial charge on any atom is -0.481 e. The van der Waals surface area contributed by atoms with Crippen LogP contribution in [-0.4, -0.2) is 52.0 Å². The molecule has 3 N–H and O–H groups in total. The number of carboxylic acids is 1. The smallest absolute Gasteiger partial charge is 0.305 e. The van der Waals surface area contributed by atoms with Crippen LogP contribution in [0.3, 0.4) is 0 Å². The van der Waals surface area contributed by atoms with Crippen LogP contribution in [0.1, 0.15) is 20.3 Å². The first-order chi connectivity index (χ1) is 7.93. The molecule has 1 fully saturated rings. The van der Waals surface area contributed by atoms with Crippen molar-refractivity contribution in [3.63, 3.8) is 0 Å². The summed E-state index contributed by atoms with van der Waals surface area (Å²) in [5, 5.41) is 8.83. The highest BCUT2D eigenvalue weighted by molar-refractivity contribution is 7.99. The average Bonchev–Trinajstić information content (AvgIpc) is 2.27. The summed E-state index contributed by atoms with van der Waals surface area (Å²) in [7, 11) is 0. The van der Waals surface area contributed by atoms with Gasteiger partial charge in [-0.15, -0.1) is 0 Å². The first kappa shape index (κ1) is 14.3. The lowest BCUT2D eigenvalue weighted by Gasteiger charge is -2.36. The highest BCUT2D eigenvalue weighted by atomic mass is 32.2. The lowest BCUT2D eigenvalue weighted by atomic mass is 10.0. The van der Waals surface area contributed by atoms with Crippen LogP contribution in [0, 0.1) is 5.92 Å². The first-order valence-corrected chi connectivity index (χ1v) is 6.94. The van der Waals surface area contributed by atoms with Gasteiger partial charge in [-0.3, -0.25) is 9.59 Å². The van der Waals surface area contributed by atoms with E-state index in [1.165, 1.54) is 0 Å². The molecule has 6 heteroatoms. The molecule has 17 heavy (non-hydrogen) atoms. The average molecular weight is 260 g/mol. The fourth-order valence-corrected chi connectivity index (χ4v) is 2.85. The molecular weight excluding hydrogens is 240 g/mol. The molecule has 5 nitrogen and oxygen atoms in total. The summed E-state index contributed by atoms with van der Waals surface area (Å²) in [4.78, 5) is 24.5. The van der Waals surface area contributed by atoms with E-state index < -0.39 is 12.0 Å². The van der Waals surface area contributed by atoms with Crippen LogP contribution in [0.4, 0.5) is 0 Å². The molecule has 0 aliphatic carbocycles. The van der Waals surface area contributed by atoms with Crippen molar-refractivity contribution in [1.29, 1.82) is 0 Å². The zero-order chi connectivity index (χ0) is 13.0. The number of carbonyl (C=O) groups excluding carboxylic acids is 1. The quantitative estimate of drug-likeness (QED) is 0.764. The Labute approximate surface area is 106 Å². The normalized spacial score (nSPS) is 22.6. The van der Waals surface area contributed by atoms with E-state index in [1.54, 1.807) is 16.7 Å². The molecule has 98 valence electrons. The lowest BCUT2D eigenvalue weighted by Crippen LogP contribution is -2.54. The third-order valence-electron chi connectivity index (χ3n) is 2.92. The van der Waals surface area contributed by atoms with Crippen molar-refractivity contribution >= 4 is 23.6 Å². The zero-order valence-corrected chi connectivity index (χ0v) is 11.1. The highest BCUT2D eigenvalue weighted by Gasteiger charge is 2.32. The molecule has 1 aliphatic rings. The van der Waals surface area contributed by atoms with E-state index in [1.807, 2.05) is 13.8 Å². The molecule has 0 aromatic heterocycles. The van der Waals surface area contributed by atoms with Crippen molar-refractivity contribution in [3.8, 4) is 0 Å². The summed E-state index contributed by atoms with van der Waals surface area (Å²) in [6.07, 6.45) is 0.00353. The van der Waals surface area contributed by atoms with Gasteiger partial charge in [-0.25, -0.2) is 0 Å². The van der Waals surface area contributed by atoms with Gasteiger partial charge in [0, 0.05) is 18.1 Å². The van der Waals surface area contributed by atoms with Crippen molar-refractivity contribution in [2.45, 2.75) is 32.4 Å². The van der Waals surface area contributed by atoms with Gasteiger partial charge in [0.1, 0.15) is 0 Å². The maximum atomic E-state index is 12.1. The third kappa shape index (κ3) is 3.89. The second-order valence-electron chi connectivity index (χ2n) is 4.63. The Balaban J connectivity index is 2.70. The Morgan fingerprint density at radius 3 is 2.71 bits per heavy atom. The van der Waals surface area contributed by atoms with Gasteiger partial charge in [-0.05, 0) is 5.92 Å². The molecule has 0 bridgehead atoms. The summed E-state index contributed by atoms with van der Waals surface area (Å²) < 4.78 is 0. The van der Waals surface area contributed by atoms with Gasteiger partial charge in [0.25, 0.3) is 0 Å². The third-order valence-corrected chi connectivity index (χ3v) is 4.02.